The summed E-state index contributed by atoms with van der Waals surface area (Å²) in [5, 5.41) is 11.3. The SMILES string of the molecule is COC(=O)C1=C(C)N([C@@H](C)c2ccccc2)C(=O)/C1=C\c1ccc(OC)c([N+](=O)[O-])c1. The topological polar surface area (TPSA) is 99.0 Å². The number of nitro benzene ring substituents is 1. The molecule has 1 atom stereocenters. The van der Waals surface area contributed by atoms with Crippen molar-refractivity contribution in [2.24, 2.45) is 0 Å². The minimum absolute atomic E-state index is 0.101. The average Bonchev–Trinajstić information content (AvgIpc) is 3.02. The zero-order chi connectivity index (χ0) is 22.7. The van der Waals surface area contributed by atoms with Crippen molar-refractivity contribution < 1.29 is 24.0 Å². The van der Waals surface area contributed by atoms with Crippen molar-refractivity contribution in [3.63, 3.8) is 0 Å². The molecule has 3 rings (SSSR count). The Labute approximate surface area is 179 Å². The highest BCUT2D eigenvalue weighted by molar-refractivity contribution is 6.16. The van der Waals surface area contributed by atoms with E-state index in [1.54, 1.807) is 13.0 Å². The summed E-state index contributed by atoms with van der Waals surface area (Å²) in [5.74, 6) is -0.931. The molecule has 0 fully saturated rings. The zero-order valence-electron chi connectivity index (χ0n) is 17.6. The third kappa shape index (κ3) is 4.05. The van der Waals surface area contributed by atoms with Crippen LogP contribution in [0.1, 0.15) is 31.0 Å². The monoisotopic (exact) mass is 422 g/mol. The molecule has 0 unspecified atom stereocenters. The van der Waals surface area contributed by atoms with E-state index in [1.165, 1.54) is 37.3 Å². The van der Waals surface area contributed by atoms with Crippen LogP contribution in [0.15, 0.2) is 65.4 Å². The minimum Gasteiger partial charge on any atom is -0.490 e. The van der Waals surface area contributed by atoms with Gasteiger partial charge in [-0.1, -0.05) is 36.4 Å². The van der Waals surface area contributed by atoms with E-state index in [-0.39, 0.29) is 34.5 Å². The molecular weight excluding hydrogens is 400 g/mol. The predicted molar refractivity (Wildman–Crippen MR) is 114 cm³/mol. The van der Waals surface area contributed by atoms with E-state index in [2.05, 4.69) is 0 Å². The quantitative estimate of drug-likeness (QED) is 0.302. The van der Waals surface area contributed by atoms with Crippen molar-refractivity contribution >= 4 is 23.6 Å². The maximum atomic E-state index is 13.4. The van der Waals surface area contributed by atoms with Crippen molar-refractivity contribution in [1.29, 1.82) is 0 Å². The first-order valence-corrected chi connectivity index (χ1v) is 9.52. The molecule has 0 aliphatic carbocycles. The predicted octanol–water partition coefficient (Wildman–Crippen LogP) is 4.04. The van der Waals surface area contributed by atoms with Gasteiger partial charge in [0.05, 0.1) is 36.3 Å². The van der Waals surface area contributed by atoms with E-state index < -0.39 is 10.9 Å². The summed E-state index contributed by atoms with van der Waals surface area (Å²) in [6.07, 6.45) is 1.46. The van der Waals surface area contributed by atoms with Gasteiger partial charge in [0.2, 0.25) is 0 Å². The summed E-state index contributed by atoms with van der Waals surface area (Å²) < 4.78 is 9.93. The first-order valence-electron chi connectivity index (χ1n) is 9.52. The van der Waals surface area contributed by atoms with Crippen molar-refractivity contribution in [2.75, 3.05) is 14.2 Å². The lowest BCUT2D eigenvalue weighted by Crippen LogP contribution is -2.28. The number of carbonyl (C=O) groups is 2. The number of nitro groups is 1. The number of ether oxygens (including phenoxy) is 2. The molecule has 0 N–H and O–H groups in total. The van der Waals surface area contributed by atoms with E-state index in [9.17, 15) is 19.7 Å². The first-order chi connectivity index (χ1) is 14.8. The number of allylic oxidation sites excluding steroid dienone is 1. The summed E-state index contributed by atoms with van der Waals surface area (Å²) in [6.45, 7) is 3.55. The van der Waals surface area contributed by atoms with Gasteiger partial charge in [0, 0.05) is 11.8 Å². The van der Waals surface area contributed by atoms with E-state index in [4.69, 9.17) is 9.47 Å². The Morgan fingerprint density at radius 2 is 1.84 bits per heavy atom. The Hall–Kier alpha value is -3.94. The summed E-state index contributed by atoms with van der Waals surface area (Å²) >= 11 is 0. The van der Waals surface area contributed by atoms with Gasteiger partial charge in [-0.3, -0.25) is 14.9 Å². The third-order valence-corrected chi connectivity index (χ3v) is 5.21. The molecule has 8 nitrogen and oxygen atoms in total. The third-order valence-electron chi connectivity index (χ3n) is 5.21. The number of hydrogen-bond donors (Lipinski definition) is 0. The summed E-state index contributed by atoms with van der Waals surface area (Å²) in [7, 11) is 2.58. The number of carbonyl (C=O) groups excluding carboxylic acids is 2. The van der Waals surface area contributed by atoms with Gasteiger partial charge in [0.25, 0.3) is 5.91 Å². The fourth-order valence-electron chi connectivity index (χ4n) is 3.65. The second kappa shape index (κ2) is 8.83. The van der Waals surface area contributed by atoms with Gasteiger partial charge >= 0.3 is 11.7 Å². The fourth-order valence-corrected chi connectivity index (χ4v) is 3.65. The Kier molecular flexibility index (Phi) is 6.20. The second-order valence-corrected chi connectivity index (χ2v) is 6.96. The lowest BCUT2D eigenvalue weighted by Gasteiger charge is -2.26. The molecule has 160 valence electrons. The maximum Gasteiger partial charge on any atom is 0.340 e. The molecular formula is C23H22N2O6. The molecule has 0 bridgehead atoms. The Balaban J connectivity index is 2.11. The maximum absolute atomic E-state index is 13.4. The van der Waals surface area contributed by atoms with Crippen LogP contribution in [0.25, 0.3) is 6.08 Å². The molecule has 31 heavy (non-hydrogen) atoms. The second-order valence-electron chi connectivity index (χ2n) is 6.96. The standard InChI is InChI=1S/C23H22N2O6/c1-14(17-8-6-5-7-9-17)24-15(2)21(23(27)31-4)18(22(24)26)12-16-10-11-20(30-3)19(13-16)25(28)29/h5-14H,1-4H3/b18-12-/t14-/m0/s1. The molecule has 1 aliphatic heterocycles. The van der Waals surface area contributed by atoms with Crippen molar-refractivity contribution in [3.8, 4) is 5.75 Å². The summed E-state index contributed by atoms with van der Waals surface area (Å²) in [5.41, 5.74) is 1.76. The van der Waals surface area contributed by atoms with Crippen molar-refractivity contribution in [2.45, 2.75) is 19.9 Å². The van der Waals surface area contributed by atoms with E-state index in [0.29, 0.717) is 11.3 Å². The van der Waals surface area contributed by atoms with Crippen LogP contribution in [0.5, 0.6) is 5.75 Å². The van der Waals surface area contributed by atoms with E-state index in [1.807, 2.05) is 37.3 Å². The van der Waals surface area contributed by atoms with Gasteiger partial charge in [-0.25, -0.2) is 4.79 Å². The molecule has 1 heterocycles. The minimum atomic E-state index is -0.650. The molecule has 0 aromatic heterocycles. The number of nitrogens with zero attached hydrogens (tertiary/aromatic N) is 2. The van der Waals surface area contributed by atoms with Crippen molar-refractivity contribution in [3.05, 3.63) is 86.6 Å². The first kappa shape index (κ1) is 21.8. The normalized spacial score (nSPS) is 15.9. The van der Waals surface area contributed by atoms with Crippen LogP contribution in [0.2, 0.25) is 0 Å². The van der Waals surface area contributed by atoms with Gasteiger partial charge in [-0.15, -0.1) is 0 Å². The van der Waals surface area contributed by atoms with Gasteiger partial charge in [0.15, 0.2) is 5.75 Å². The van der Waals surface area contributed by atoms with E-state index >= 15 is 0 Å². The highest BCUT2D eigenvalue weighted by Gasteiger charge is 2.39. The molecule has 1 aliphatic rings. The van der Waals surface area contributed by atoms with Gasteiger partial charge < -0.3 is 14.4 Å². The molecule has 2 aromatic carbocycles. The highest BCUT2D eigenvalue weighted by atomic mass is 16.6. The number of methoxy groups -OCH3 is 2. The van der Waals surface area contributed by atoms with Crippen LogP contribution >= 0.6 is 0 Å². The number of esters is 1. The van der Waals surface area contributed by atoms with Crippen molar-refractivity contribution in [1.82, 2.24) is 4.90 Å². The van der Waals surface area contributed by atoms with Crippen LogP contribution < -0.4 is 4.74 Å². The van der Waals surface area contributed by atoms with Gasteiger partial charge in [-0.2, -0.15) is 0 Å². The molecule has 0 radical (unpaired) electrons. The largest absolute Gasteiger partial charge is 0.490 e. The molecule has 8 heteroatoms. The van der Waals surface area contributed by atoms with E-state index in [0.717, 1.165) is 5.56 Å². The van der Waals surface area contributed by atoms with Gasteiger partial charge in [0.1, 0.15) is 0 Å². The number of amides is 1. The Bertz CT molecular complexity index is 1100. The zero-order valence-corrected chi connectivity index (χ0v) is 17.6. The molecule has 2 aromatic rings. The molecule has 0 spiro atoms. The number of rotatable bonds is 6. The van der Waals surface area contributed by atoms with Crippen LogP contribution in [0.3, 0.4) is 0 Å². The molecule has 0 saturated carbocycles. The smallest absolute Gasteiger partial charge is 0.340 e. The average molecular weight is 422 g/mol. The number of hydrogen-bond acceptors (Lipinski definition) is 6. The van der Waals surface area contributed by atoms with Crippen LogP contribution in [0.4, 0.5) is 5.69 Å². The highest BCUT2D eigenvalue weighted by Crippen LogP contribution is 2.38. The lowest BCUT2D eigenvalue weighted by molar-refractivity contribution is -0.385. The Morgan fingerprint density at radius 3 is 2.42 bits per heavy atom. The van der Waals surface area contributed by atoms with Crippen LogP contribution in [-0.4, -0.2) is 35.9 Å². The summed E-state index contributed by atoms with van der Waals surface area (Å²) in [4.78, 5) is 38.2. The molecule has 0 saturated heterocycles. The number of benzene rings is 2. The Morgan fingerprint density at radius 1 is 1.16 bits per heavy atom. The molecule has 1 amide bonds. The fraction of sp³-hybridized carbons (Fsp3) is 0.217. The summed E-state index contributed by atoms with van der Waals surface area (Å²) in [6, 6.07) is 13.4. The van der Waals surface area contributed by atoms with Crippen LogP contribution in [-0.2, 0) is 14.3 Å². The van der Waals surface area contributed by atoms with Gasteiger partial charge in [-0.05, 0) is 37.1 Å². The van der Waals surface area contributed by atoms with Crippen LogP contribution in [0, 0.1) is 10.1 Å². The lowest BCUT2D eigenvalue weighted by atomic mass is 10.0.